The second-order valence-corrected chi connectivity index (χ2v) is 8.98. The summed E-state index contributed by atoms with van der Waals surface area (Å²) in [4.78, 5) is 20.8. The van der Waals surface area contributed by atoms with Crippen LogP contribution in [0.15, 0.2) is 18.3 Å². The van der Waals surface area contributed by atoms with E-state index in [1.165, 1.54) is 25.1 Å². The monoisotopic (exact) mass is 377 g/mol. The summed E-state index contributed by atoms with van der Waals surface area (Å²) in [6, 6.07) is 3.88. The SMILES string of the molecule is CN(C(=O)OC(C)(C)C)[C@H]1CC[C@H](N(CC2CC2)c2ccc(F)cn2)CC1. The molecule has 6 heteroatoms. The number of amides is 1. The van der Waals surface area contributed by atoms with Crippen LogP contribution in [0.1, 0.15) is 59.3 Å². The molecule has 0 spiro atoms. The quantitative estimate of drug-likeness (QED) is 0.751. The van der Waals surface area contributed by atoms with Gasteiger partial charge in [-0.2, -0.15) is 0 Å². The van der Waals surface area contributed by atoms with Crippen molar-refractivity contribution in [3.8, 4) is 0 Å². The van der Waals surface area contributed by atoms with Crippen LogP contribution in [0.4, 0.5) is 15.0 Å². The van der Waals surface area contributed by atoms with Crippen LogP contribution in [-0.4, -0.2) is 47.3 Å². The highest BCUT2D eigenvalue weighted by Gasteiger charge is 2.34. The Labute approximate surface area is 161 Å². The number of carbonyl (C=O) groups excluding carboxylic acids is 1. The van der Waals surface area contributed by atoms with Crippen molar-refractivity contribution in [2.75, 3.05) is 18.5 Å². The number of nitrogens with zero attached hydrogens (tertiary/aromatic N) is 3. The summed E-state index contributed by atoms with van der Waals surface area (Å²) in [5.74, 6) is 1.30. The van der Waals surface area contributed by atoms with Gasteiger partial charge in [-0.15, -0.1) is 0 Å². The van der Waals surface area contributed by atoms with Crippen LogP contribution in [0, 0.1) is 11.7 Å². The molecule has 2 fully saturated rings. The third-order valence-corrected chi connectivity index (χ3v) is 5.49. The summed E-state index contributed by atoms with van der Waals surface area (Å²) < 4.78 is 18.8. The van der Waals surface area contributed by atoms with Crippen LogP contribution < -0.4 is 4.90 Å². The third-order valence-electron chi connectivity index (χ3n) is 5.49. The molecule has 150 valence electrons. The molecule has 1 amide bonds. The van der Waals surface area contributed by atoms with Gasteiger partial charge >= 0.3 is 6.09 Å². The summed E-state index contributed by atoms with van der Waals surface area (Å²) in [6.45, 7) is 6.67. The van der Waals surface area contributed by atoms with E-state index in [-0.39, 0.29) is 18.0 Å². The molecule has 0 atom stereocenters. The van der Waals surface area contributed by atoms with E-state index in [2.05, 4.69) is 9.88 Å². The predicted octanol–water partition coefficient (Wildman–Crippen LogP) is 4.62. The molecule has 1 aromatic rings. The van der Waals surface area contributed by atoms with Gasteiger partial charge in [0.25, 0.3) is 0 Å². The molecule has 0 aliphatic heterocycles. The van der Waals surface area contributed by atoms with Crippen molar-refractivity contribution in [2.24, 2.45) is 5.92 Å². The Morgan fingerprint density at radius 3 is 2.30 bits per heavy atom. The molecule has 0 bridgehead atoms. The van der Waals surface area contributed by atoms with Crippen LogP contribution in [0.25, 0.3) is 0 Å². The maximum atomic E-state index is 13.3. The van der Waals surface area contributed by atoms with Gasteiger partial charge in [0.05, 0.1) is 6.20 Å². The van der Waals surface area contributed by atoms with E-state index in [1.54, 1.807) is 11.0 Å². The molecule has 5 nitrogen and oxygen atoms in total. The molecule has 27 heavy (non-hydrogen) atoms. The Bertz CT molecular complexity index is 632. The molecule has 0 aromatic carbocycles. The first-order valence-corrected chi connectivity index (χ1v) is 10.1. The van der Waals surface area contributed by atoms with Crippen LogP contribution in [0.2, 0.25) is 0 Å². The fraction of sp³-hybridized carbons (Fsp3) is 0.714. The first-order valence-electron chi connectivity index (χ1n) is 10.1. The van der Waals surface area contributed by atoms with E-state index >= 15 is 0 Å². The lowest BCUT2D eigenvalue weighted by atomic mass is 9.89. The van der Waals surface area contributed by atoms with Crippen LogP contribution in [-0.2, 0) is 4.74 Å². The molecule has 2 aliphatic rings. The Kier molecular flexibility index (Phi) is 5.92. The summed E-state index contributed by atoms with van der Waals surface area (Å²) >= 11 is 0. The van der Waals surface area contributed by atoms with Crippen molar-refractivity contribution in [3.05, 3.63) is 24.1 Å². The number of rotatable bonds is 5. The zero-order valence-electron chi connectivity index (χ0n) is 16.9. The van der Waals surface area contributed by atoms with Gasteiger partial charge in [-0.05, 0) is 77.3 Å². The number of hydrogen-bond acceptors (Lipinski definition) is 4. The lowest BCUT2D eigenvalue weighted by molar-refractivity contribution is 0.0182. The smallest absolute Gasteiger partial charge is 0.410 e. The molecule has 0 radical (unpaired) electrons. The number of hydrogen-bond donors (Lipinski definition) is 0. The average molecular weight is 378 g/mol. The molecule has 3 rings (SSSR count). The first-order chi connectivity index (χ1) is 12.7. The molecule has 0 N–H and O–H groups in total. The second-order valence-electron chi connectivity index (χ2n) is 8.98. The number of carbonyl (C=O) groups is 1. The van der Waals surface area contributed by atoms with E-state index < -0.39 is 5.60 Å². The van der Waals surface area contributed by atoms with E-state index in [0.29, 0.717) is 6.04 Å². The van der Waals surface area contributed by atoms with Gasteiger partial charge in [-0.1, -0.05) is 0 Å². The van der Waals surface area contributed by atoms with E-state index in [4.69, 9.17) is 4.74 Å². The van der Waals surface area contributed by atoms with Crippen LogP contribution in [0.3, 0.4) is 0 Å². The van der Waals surface area contributed by atoms with Gasteiger partial charge in [0.2, 0.25) is 0 Å². The molecule has 1 aromatic heterocycles. The maximum Gasteiger partial charge on any atom is 0.410 e. The van der Waals surface area contributed by atoms with Gasteiger partial charge in [-0.3, -0.25) is 0 Å². The van der Waals surface area contributed by atoms with Crippen LogP contribution >= 0.6 is 0 Å². The average Bonchev–Trinajstić information content (AvgIpc) is 3.43. The summed E-state index contributed by atoms with van der Waals surface area (Å²) in [6.07, 6.45) is 7.50. The topological polar surface area (TPSA) is 45.7 Å². The molecule has 0 unspecified atom stereocenters. The zero-order valence-corrected chi connectivity index (χ0v) is 16.9. The van der Waals surface area contributed by atoms with Crippen molar-refractivity contribution >= 4 is 11.9 Å². The van der Waals surface area contributed by atoms with Crippen LogP contribution in [0.5, 0.6) is 0 Å². The zero-order chi connectivity index (χ0) is 19.6. The Morgan fingerprint density at radius 2 is 1.78 bits per heavy atom. The summed E-state index contributed by atoms with van der Waals surface area (Å²) in [5.41, 5.74) is -0.474. The second kappa shape index (κ2) is 8.03. The Balaban J connectivity index is 1.60. The maximum absolute atomic E-state index is 13.3. The first kappa shape index (κ1) is 19.9. The van der Waals surface area contributed by atoms with Gasteiger partial charge in [0, 0.05) is 25.7 Å². The molecule has 1 heterocycles. The van der Waals surface area contributed by atoms with E-state index in [9.17, 15) is 9.18 Å². The number of anilines is 1. The number of ether oxygens (including phenoxy) is 1. The van der Waals surface area contributed by atoms with Crippen molar-refractivity contribution in [3.63, 3.8) is 0 Å². The predicted molar refractivity (Wildman–Crippen MR) is 104 cm³/mol. The minimum absolute atomic E-state index is 0.208. The van der Waals surface area contributed by atoms with Gasteiger partial charge < -0.3 is 14.5 Å². The normalized spacial score (nSPS) is 23.0. The largest absolute Gasteiger partial charge is 0.444 e. The Hall–Kier alpha value is -1.85. The number of halogens is 1. The van der Waals surface area contributed by atoms with Gasteiger partial charge in [-0.25, -0.2) is 14.2 Å². The van der Waals surface area contributed by atoms with Crippen molar-refractivity contribution < 1.29 is 13.9 Å². The minimum atomic E-state index is -0.474. The van der Waals surface area contributed by atoms with E-state index in [1.807, 2.05) is 27.8 Å². The fourth-order valence-electron chi connectivity index (χ4n) is 3.79. The highest BCUT2D eigenvalue weighted by molar-refractivity contribution is 5.68. The molecular formula is C21H32FN3O2. The lowest BCUT2D eigenvalue weighted by Gasteiger charge is -2.40. The highest BCUT2D eigenvalue weighted by atomic mass is 19.1. The van der Waals surface area contributed by atoms with Crippen molar-refractivity contribution in [2.45, 2.75) is 77.0 Å². The summed E-state index contributed by atoms with van der Waals surface area (Å²) in [5, 5.41) is 0. The Morgan fingerprint density at radius 1 is 1.15 bits per heavy atom. The molecule has 2 aliphatic carbocycles. The van der Waals surface area contributed by atoms with E-state index in [0.717, 1.165) is 44.0 Å². The molecule has 0 saturated heterocycles. The number of aromatic nitrogens is 1. The fourth-order valence-corrected chi connectivity index (χ4v) is 3.79. The summed E-state index contributed by atoms with van der Waals surface area (Å²) in [7, 11) is 1.84. The molecule has 2 saturated carbocycles. The highest BCUT2D eigenvalue weighted by Crippen LogP contribution is 2.35. The standard InChI is InChI=1S/C21H32FN3O2/c1-21(2,3)27-20(26)24(4)17-8-10-18(11-9-17)25(14-15-5-6-15)19-12-7-16(22)13-23-19/h7,12-13,15,17-18H,5-6,8-11,14H2,1-4H3/t17-,18-. The lowest BCUT2D eigenvalue weighted by Crippen LogP contribution is -2.46. The number of pyridine rings is 1. The minimum Gasteiger partial charge on any atom is -0.444 e. The van der Waals surface area contributed by atoms with Gasteiger partial charge in [0.1, 0.15) is 17.2 Å². The third kappa shape index (κ3) is 5.56. The van der Waals surface area contributed by atoms with Crippen molar-refractivity contribution in [1.29, 1.82) is 0 Å². The van der Waals surface area contributed by atoms with Gasteiger partial charge in [0.15, 0.2) is 0 Å². The van der Waals surface area contributed by atoms with Crippen molar-refractivity contribution in [1.82, 2.24) is 9.88 Å². The molecular weight excluding hydrogens is 345 g/mol.